The average molecular weight is 388 g/mol. The van der Waals surface area contributed by atoms with Crippen LogP contribution in [0.2, 0.25) is 0 Å². The number of amides is 1. The predicted octanol–water partition coefficient (Wildman–Crippen LogP) is 5.24. The number of carbonyl (C=O) groups is 1. The second-order valence-electron chi connectivity index (χ2n) is 6.92. The van der Waals surface area contributed by atoms with Crippen molar-refractivity contribution in [3.8, 4) is 10.6 Å². The van der Waals surface area contributed by atoms with Gasteiger partial charge in [0.25, 0.3) is 5.91 Å². The van der Waals surface area contributed by atoms with Crippen LogP contribution in [0.25, 0.3) is 21.5 Å². The Morgan fingerprint density at radius 1 is 1.00 bits per heavy atom. The number of carbonyl (C=O) groups excluding carboxylic acids is 1. The smallest absolute Gasteiger partial charge is 0.258 e. The van der Waals surface area contributed by atoms with Gasteiger partial charge >= 0.3 is 0 Å². The van der Waals surface area contributed by atoms with Crippen molar-refractivity contribution >= 4 is 34.1 Å². The predicted molar refractivity (Wildman–Crippen MR) is 114 cm³/mol. The van der Waals surface area contributed by atoms with Crippen LogP contribution in [0.15, 0.2) is 42.6 Å². The zero-order valence-electron chi connectivity index (χ0n) is 16.2. The van der Waals surface area contributed by atoms with Gasteiger partial charge in [0, 0.05) is 22.2 Å². The van der Waals surface area contributed by atoms with Crippen molar-refractivity contribution in [1.29, 1.82) is 0 Å². The molecule has 4 aromatic rings. The number of nitrogens with zero attached hydrogens (tertiary/aromatic N) is 3. The van der Waals surface area contributed by atoms with Gasteiger partial charge in [0.2, 0.25) is 5.95 Å². The van der Waals surface area contributed by atoms with Crippen molar-refractivity contribution < 1.29 is 4.79 Å². The Balaban J connectivity index is 1.88. The van der Waals surface area contributed by atoms with Gasteiger partial charge in [-0.05, 0) is 63.6 Å². The van der Waals surface area contributed by atoms with Crippen molar-refractivity contribution in [2.45, 2.75) is 27.7 Å². The Hall–Kier alpha value is -3.12. The first-order valence-electron chi connectivity index (χ1n) is 9.00. The molecule has 0 aliphatic rings. The van der Waals surface area contributed by atoms with Crippen molar-refractivity contribution in [2.75, 3.05) is 5.32 Å². The first-order valence-corrected chi connectivity index (χ1v) is 9.82. The van der Waals surface area contributed by atoms with Crippen LogP contribution in [0.3, 0.4) is 0 Å². The minimum atomic E-state index is -0.238. The number of benzene rings is 1. The molecule has 140 valence electrons. The van der Waals surface area contributed by atoms with E-state index in [2.05, 4.69) is 34.3 Å². The summed E-state index contributed by atoms with van der Waals surface area (Å²) in [6, 6.07) is 11.9. The van der Waals surface area contributed by atoms with E-state index < -0.39 is 0 Å². The molecule has 0 bridgehead atoms. The number of anilines is 1. The third-order valence-electron chi connectivity index (χ3n) is 4.51. The molecule has 0 saturated heterocycles. The lowest BCUT2D eigenvalue weighted by Crippen LogP contribution is -2.15. The quantitative estimate of drug-likeness (QED) is 0.521. The van der Waals surface area contributed by atoms with Crippen LogP contribution in [0.5, 0.6) is 0 Å². The summed E-state index contributed by atoms with van der Waals surface area (Å²) in [5.74, 6) is 0.0605. The van der Waals surface area contributed by atoms with Gasteiger partial charge in [0.05, 0.1) is 21.7 Å². The molecule has 6 heteroatoms. The fraction of sp³-hybridized carbons (Fsp3) is 0.182. The van der Waals surface area contributed by atoms with Crippen LogP contribution in [0.1, 0.15) is 32.1 Å². The molecule has 0 spiro atoms. The number of hydrogen-bond donors (Lipinski definition) is 1. The zero-order valence-corrected chi connectivity index (χ0v) is 17.0. The molecule has 0 saturated carbocycles. The maximum absolute atomic E-state index is 13.1. The van der Waals surface area contributed by atoms with Gasteiger partial charge in [-0.25, -0.2) is 15.0 Å². The topological polar surface area (TPSA) is 67.8 Å². The average Bonchev–Trinajstić information content (AvgIpc) is 3.07. The van der Waals surface area contributed by atoms with Crippen molar-refractivity contribution in [2.24, 2.45) is 0 Å². The summed E-state index contributed by atoms with van der Waals surface area (Å²) in [7, 11) is 0. The van der Waals surface area contributed by atoms with Gasteiger partial charge in [-0.2, -0.15) is 0 Å². The maximum Gasteiger partial charge on any atom is 0.258 e. The van der Waals surface area contributed by atoms with E-state index in [1.807, 2.05) is 39.0 Å². The molecule has 28 heavy (non-hydrogen) atoms. The molecule has 1 N–H and O–H groups in total. The van der Waals surface area contributed by atoms with Crippen LogP contribution < -0.4 is 5.32 Å². The number of aryl methyl sites for hydroxylation is 4. The highest BCUT2D eigenvalue weighted by atomic mass is 32.1. The largest absolute Gasteiger partial charge is 0.290 e. The molecule has 0 fully saturated rings. The fourth-order valence-corrected chi connectivity index (χ4v) is 4.07. The lowest BCUT2D eigenvalue weighted by Gasteiger charge is -2.12. The molecular formula is C22H20N4OS. The summed E-state index contributed by atoms with van der Waals surface area (Å²) in [6.07, 6.45) is 1.64. The summed E-state index contributed by atoms with van der Waals surface area (Å²) in [5.41, 5.74) is 5.14. The Kier molecular flexibility index (Phi) is 4.65. The van der Waals surface area contributed by atoms with Crippen LogP contribution in [-0.2, 0) is 0 Å². The van der Waals surface area contributed by atoms with Crippen molar-refractivity contribution in [3.63, 3.8) is 0 Å². The molecule has 4 rings (SSSR count). The summed E-state index contributed by atoms with van der Waals surface area (Å²) in [4.78, 5) is 28.7. The number of fused-ring (bicyclic) bond motifs is 1. The lowest BCUT2D eigenvalue weighted by atomic mass is 10.0. The minimum Gasteiger partial charge on any atom is -0.290 e. The number of thiophene rings is 1. The van der Waals surface area contributed by atoms with E-state index in [0.717, 1.165) is 38.3 Å². The lowest BCUT2D eigenvalue weighted by molar-refractivity contribution is 0.102. The number of rotatable bonds is 3. The highest BCUT2D eigenvalue weighted by Crippen LogP contribution is 2.31. The van der Waals surface area contributed by atoms with Crippen molar-refractivity contribution in [3.05, 3.63) is 69.9 Å². The molecule has 0 aliphatic carbocycles. The summed E-state index contributed by atoms with van der Waals surface area (Å²) in [5, 5.41) is 3.66. The van der Waals surface area contributed by atoms with E-state index in [9.17, 15) is 4.79 Å². The van der Waals surface area contributed by atoms with Gasteiger partial charge in [-0.1, -0.05) is 11.6 Å². The monoisotopic (exact) mass is 388 g/mol. The van der Waals surface area contributed by atoms with Crippen LogP contribution in [-0.4, -0.2) is 20.9 Å². The molecular weight excluding hydrogens is 368 g/mol. The molecule has 5 nitrogen and oxygen atoms in total. The van der Waals surface area contributed by atoms with Crippen LogP contribution in [0, 0.1) is 27.7 Å². The minimum absolute atomic E-state index is 0.238. The second kappa shape index (κ2) is 7.13. The van der Waals surface area contributed by atoms with Gasteiger partial charge < -0.3 is 0 Å². The van der Waals surface area contributed by atoms with Gasteiger partial charge in [-0.15, -0.1) is 11.3 Å². The zero-order chi connectivity index (χ0) is 19.8. The SMILES string of the molecule is Cc1cc(C)c2nc(-c3ccc(C)s3)cc(C(=O)Nc3nccc(C)n3)c2c1. The molecule has 3 heterocycles. The third kappa shape index (κ3) is 3.51. The van der Waals surface area contributed by atoms with E-state index in [1.165, 1.54) is 4.88 Å². The van der Waals surface area contributed by atoms with Gasteiger partial charge in [0.1, 0.15) is 0 Å². The first kappa shape index (κ1) is 18.3. The third-order valence-corrected chi connectivity index (χ3v) is 5.53. The van der Waals surface area contributed by atoms with Gasteiger partial charge in [0.15, 0.2) is 0 Å². The molecule has 1 aromatic carbocycles. The number of hydrogen-bond acceptors (Lipinski definition) is 5. The molecule has 0 radical (unpaired) electrons. The van der Waals surface area contributed by atoms with Crippen molar-refractivity contribution in [1.82, 2.24) is 15.0 Å². The van der Waals surface area contributed by atoms with E-state index >= 15 is 0 Å². The van der Waals surface area contributed by atoms with Crippen LogP contribution in [0.4, 0.5) is 5.95 Å². The summed E-state index contributed by atoms with van der Waals surface area (Å²) in [6.45, 7) is 7.97. The van der Waals surface area contributed by atoms with E-state index in [0.29, 0.717) is 11.5 Å². The highest BCUT2D eigenvalue weighted by Gasteiger charge is 2.17. The van der Waals surface area contributed by atoms with E-state index in [-0.39, 0.29) is 5.91 Å². The van der Waals surface area contributed by atoms with E-state index in [4.69, 9.17) is 4.98 Å². The molecule has 3 aromatic heterocycles. The second-order valence-corrected chi connectivity index (χ2v) is 8.21. The normalized spacial score (nSPS) is 11.0. The molecule has 1 amide bonds. The Bertz CT molecular complexity index is 1210. The highest BCUT2D eigenvalue weighted by molar-refractivity contribution is 7.15. The molecule has 0 atom stereocenters. The standard InChI is InChI=1S/C22H20N4OS/c1-12-9-13(2)20-16(10-12)17(11-18(25-20)19-6-5-15(4)28-19)21(27)26-22-23-8-7-14(3)24-22/h5-11H,1-4H3,(H,23,24,26,27). The number of nitrogens with one attached hydrogen (secondary N) is 1. The summed E-state index contributed by atoms with van der Waals surface area (Å²) >= 11 is 1.67. The number of pyridine rings is 1. The molecule has 0 unspecified atom stereocenters. The van der Waals surface area contributed by atoms with Crippen LogP contribution >= 0.6 is 11.3 Å². The fourth-order valence-electron chi connectivity index (χ4n) is 3.25. The Morgan fingerprint density at radius 2 is 1.82 bits per heavy atom. The van der Waals surface area contributed by atoms with Gasteiger partial charge in [-0.3, -0.25) is 10.1 Å². The first-order chi connectivity index (χ1) is 13.4. The van der Waals surface area contributed by atoms with E-state index in [1.54, 1.807) is 23.6 Å². The Morgan fingerprint density at radius 3 is 2.54 bits per heavy atom. The maximum atomic E-state index is 13.1. The molecule has 0 aliphatic heterocycles. The number of aromatic nitrogens is 3. The Labute approximate surface area is 167 Å². The summed E-state index contributed by atoms with van der Waals surface area (Å²) < 4.78 is 0.